The van der Waals surface area contributed by atoms with Crippen LogP contribution in [0, 0.1) is 5.41 Å². The Labute approximate surface area is 87.9 Å². The Morgan fingerprint density at radius 1 is 1.50 bits per heavy atom. The first-order valence-corrected chi connectivity index (χ1v) is 5.04. The molecule has 0 unspecified atom stereocenters. The highest BCUT2D eigenvalue weighted by Gasteiger charge is 2.54. The number of nitrogens with zero attached hydrogens (tertiary/aromatic N) is 1. The molecule has 0 aliphatic heterocycles. The summed E-state index contributed by atoms with van der Waals surface area (Å²) in [5.41, 5.74) is 0.583. The molecular weight excluding hydrogens is 208 g/mol. The molecule has 0 amide bonds. The average Bonchev–Trinajstić information content (AvgIpc) is 2.00. The predicted octanol–water partition coefficient (Wildman–Crippen LogP) is 3.64. The third-order valence-electron chi connectivity index (χ3n) is 2.75. The van der Waals surface area contributed by atoms with Gasteiger partial charge in [-0.1, -0.05) is 12.5 Å². The largest absolute Gasteiger partial charge is 0.277 e. The van der Waals surface area contributed by atoms with Crippen LogP contribution in [0.4, 0.5) is 8.78 Å². The summed E-state index contributed by atoms with van der Waals surface area (Å²) < 4.78 is 25.4. The molecule has 14 heavy (non-hydrogen) atoms. The first-order valence-electron chi connectivity index (χ1n) is 4.51. The number of allylic oxidation sites excluding steroid dienone is 2. The van der Waals surface area contributed by atoms with Gasteiger partial charge in [-0.05, 0) is 18.4 Å². The van der Waals surface area contributed by atoms with Gasteiger partial charge < -0.3 is 0 Å². The van der Waals surface area contributed by atoms with Gasteiger partial charge in [-0.15, -0.1) is 11.6 Å². The van der Waals surface area contributed by atoms with Gasteiger partial charge in [-0.2, -0.15) is 0 Å². The van der Waals surface area contributed by atoms with E-state index >= 15 is 0 Å². The molecule has 1 saturated carbocycles. The van der Waals surface area contributed by atoms with Crippen LogP contribution in [0.3, 0.4) is 0 Å². The van der Waals surface area contributed by atoms with Gasteiger partial charge in [0.1, 0.15) is 6.00 Å². The summed E-state index contributed by atoms with van der Waals surface area (Å²) in [6.45, 7) is 3.71. The lowest BCUT2D eigenvalue weighted by atomic mass is 9.63. The molecular formula is C10H14ClF2N. The van der Waals surface area contributed by atoms with Crippen molar-refractivity contribution in [1.29, 1.82) is 0 Å². The van der Waals surface area contributed by atoms with Crippen molar-refractivity contribution in [2.24, 2.45) is 10.4 Å². The summed E-state index contributed by atoms with van der Waals surface area (Å²) >= 11 is 5.35. The summed E-state index contributed by atoms with van der Waals surface area (Å²) in [5, 5.41) is 0. The van der Waals surface area contributed by atoms with Gasteiger partial charge in [0, 0.05) is 19.1 Å². The summed E-state index contributed by atoms with van der Waals surface area (Å²) in [6, 6.07) is 0.205. The molecule has 0 aromatic carbocycles. The van der Waals surface area contributed by atoms with E-state index in [1.807, 2.05) is 13.8 Å². The first kappa shape index (κ1) is 11.6. The summed E-state index contributed by atoms with van der Waals surface area (Å²) in [6.07, 6.45) is 3.22. The maximum atomic E-state index is 12.7. The second kappa shape index (κ2) is 3.97. The maximum Gasteiger partial charge on any atom is 0.249 e. The van der Waals surface area contributed by atoms with Gasteiger partial charge >= 0.3 is 0 Å². The number of alkyl halides is 3. The minimum atomic E-state index is -2.48. The summed E-state index contributed by atoms with van der Waals surface area (Å²) in [7, 11) is 0. The molecule has 0 aromatic heterocycles. The standard InChI is InChI=1S/C10H14ClF2N/c1-8(3-4-14-7-11)9(2)5-10(12,13)6-9/h3-4H,5-7H2,1-2H3/b8-3+,14-4?. The number of hydrogen-bond donors (Lipinski definition) is 0. The van der Waals surface area contributed by atoms with Crippen LogP contribution in [0.2, 0.25) is 0 Å². The minimum Gasteiger partial charge on any atom is -0.277 e. The summed E-state index contributed by atoms with van der Waals surface area (Å²) in [4.78, 5) is 3.80. The van der Waals surface area contributed by atoms with E-state index in [9.17, 15) is 8.78 Å². The van der Waals surface area contributed by atoms with Crippen LogP contribution < -0.4 is 0 Å². The molecule has 0 radical (unpaired) electrons. The topological polar surface area (TPSA) is 12.4 Å². The van der Waals surface area contributed by atoms with Gasteiger partial charge in [0.05, 0.1) is 0 Å². The summed E-state index contributed by atoms with van der Waals surface area (Å²) in [5.74, 6) is -2.48. The normalized spacial score (nSPS) is 25.1. The van der Waals surface area contributed by atoms with E-state index in [1.165, 1.54) is 0 Å². The van der Waals surface area contributed by atoms with Crippen LogP contribution in [-0.4, -0.2) is 18.1 Å². The fourth-order valence-electron chi connectivity index (χ4n) is 1.77. The smallest absolute Gasteiger partial charge is 0.249 e. The SMILES string of the molecule is C/C(=C\C=NCCl)C1(C)CC(F)(F)C1. The highest BCUT2D eigenvalue weighted by atomic mass is 35.5. The second-order valence-corrected chi connectivity index (χ2v) is 4.31. The molecule has 4 heteroatoms. The van der Waals surface area contributed by atoms with Crippen molar-refractivity contribution in [3.63, 3.8) is 0 Å². The van der Waals surface area contributed by atoms with E-state index in [0.29, 0.717) is 0 Å². The van der Waals surface area contributed by atoms with E-state index < -0.39 is 5.92 Å². The number of rotatable bonds is 3. The van der Waals surface area contributed by atoms with Gasteiger partial charge in [-0.3, -0.25) is 4.99 Å². The Kier molecular flexibility index (Phi) is 3.30. The maximum absolute atomic E-state index is 12.7. The van der Waals surface area contributed by atoms with E-state index in [1.54, 1.807) is 12.3 Å². The Balaban J connectivity index is 2.58. The fourth-order valence-corrected chi connectivity index (χ4v) is 1.85. The number of hydrogen-bond acceptors (Lipinski definition) is 1. The molecule has 0 heterocycles. The van der Waals surface area contributed by atoms with Crippen LogP contribution in [0.25, 0.3) is 0 Å². The molecule has 0 bridgehead atoms. The Bertz CT molecular complexity index is 263. The molecule has 0 spiro atoms. The predicted molar refractivity (Wildman–Crippen MR) is 55.3 cm³/mol. The molecule has 80 valence electrons. The van der Waals surface area contributed by atoms with Crippen LogP contribution in [0.15, 0.2) is 16.6 Å². The molecule has 1 nitrogen and oxygen atoms in total. The van der Waals surface area contributed by atoms with Crippen LogP contribution in [-0.2, 0) is 0 Å². The monoisotopic (exact) mass is 221 g/mol. The third-order valence-corrected chi connectivity index (χ3v) is 2.89. The van der Waals surface area contributed by atoms with Crippen LogP contribution in [0.5, 0.6) is 0 Å². The van der Waals surface area contributed by atoms with Gasteiger partial charge in [0.2, 0.25) is 5.92 Å². The molecule has 1 rings (SSSR count). The molecule has 1 aliphatic carbocycles. The highest BCUT2D eigenvalue weighted by molar-refractivity contribution is 6.18. The van der Waals surface area contributed by atoms with Crippen LogP contribution >= 0.6 is 11.6 Å². The van der Waals surface area contributed by atoms with Crippen molar-refractivity contribution in [3.05, 3.63) is 11.6 Å². The van der Waals surface area contributed by atoms with Gasteiger partial charge in [0.25, 0.3) is 0 Å². The Hall–Kier alpha value is -0.440. The van der Waals surface area contributed by atoms with Gasteiger partial charge in [-0.25, -0.2) is 8.78 Å². The number of aliphatic imine (C=N–C) groups is 1. The quantitative estimate of drug-likeness (QED) is 0.392. The zero-order valence-electron chi connectivity index (χ0n) is 8.36. The van der Waals surface area contributed by atoms with E-state index in [0.717, 1.165) is 5.57 Å². The molecule has 0 atom stereocenters. The van der Waals surface area contributed by atoms with Crippen molar-refractivity contribution in [1.82, 2.24) is 0 Å². The first-order chi connectivity index (χ1) is 6.40. The van der Waals surface area contributed by atoms with Crippen molar-refractivity contribution in [3.8, 4) is 0 Å². The molecule has 0 saturated heterocycles. The van der Waals surface area contributed by atoms with E-state index in [2.05, 4.69) is 4.99 Å². The lowest BCUT2D eigenvalue weighted by Gasteiger charge is -2.45. The zero-order chi connectivity index (χ0) is 10.8. The Morgan fingerprint density at radius 2 is 2.07 bits per heavy atom. The minimum absolute atomic E-state index is 0.0585. The third kappa shape index (κ3) is 2.53. The molecule has 0 N–H and O–H groups in total. The van der Waals surface area contributed by atoms with Crippen molar-refractivity contribution >= 4 is 17.8 Å². The van der Waals surface area contributed by atoms with E-state index in [4.69, 9.17) is 11.6 Å². The van der Waals surface area contributed by atoms with Crippen molar-refractivity contribution in [2.45, 2.75) is 32.6 Å². The van der Waals surface area contributed by atoms with E-state index in [-0.39, 0.29) is 24.3 Å². The average molecular weight is 222 g/mol. The van der Waals surface area contributed by atoms with Gasteiger partial charge in [0.15, 0.2) is 0 Å². The van der Waals surface area contributed by atoms with Crippen molar-refractivity contribution < 1.29 is 8.78 Å². The van der Waals surface area contributed by atoms with Crippen LogP contribution in [0.1, 0.15) is 26.7 Å². The zero-order valence-corrected chi connectivity index (χ0v) is 9.11. The molecule has 1 aliphatic rings. The Morgan fingerprint density at radius 3 is 2.50 bits per heavy atom. The lowest BCUT2D eigenvalue weighted by Crippen LogP contribution is -2.44. The second-order valence-electron chi connectivity index (χ2n) is 4.07. The number of halogens is 3. The molecule has 1 fully saturated rings. The van der Waals surface area contributed by atoms with Crippen molar-refractivity contribution in [2.75, 3.05) is 6.00 Å². The fraction of sp³-hybridized carbons (Fsp3) is 0.700. The molecule has 0 aromatic rings. The highest BCUT2D eigenvalue weighted by Crippen LogP contribution is 2.55. The lowest BCUT2D eigenvalue weighted by molar-refractivity contribution is -0.138.